The van der Waals surface area contributed by atoms with Gasteiger partial charge in [0.05, 0.1) is 21.3 Å². The Hall–Kier alpha value is -1.40. The van der Waals surface area contributed by atoms with Crippen LogP contribution in [0.3, 0.4) is 0 Å². The maximum absolute atomic E-state index is 11.5. The summed E-state index contributed by atoms with van der Waals surface area (Å²) in [6.07, 6.45) is 1.15. The second kappa shape index (κ2) is 4.12. The van der Waals surface area contributed by atoms with E-state index in [0.717, 1.165) is 22.5 Å². The molecular weight excluding hydrogens is 256 g/mol. The Morgan fingerprint density at radius 1 is 1.35 bits per heavy atom. The SMILES string of the molecule is Cc1nc(-c2ccc(N)c(S(C)(=O)=O)c2)cs1. The van der Waals surface area contributed by atoms with Crippen molar-refractivity contribution in [2.75, 3.05) is 12.0 Å². The second-order valence-corrected chi connectivity index (χ2v) is 6.82. The fourth-order valence-electron chi connectivity index (χ4n) is 1.51. The van der Waals surface area contributed by atoms with Gasteiger partial charge in [0.2, 0.25) is 0 Å². The normalized spacial score (nSPS) is 11.6. The Morgan fingerprint density at radius 2 is 2.06 bits per heavy atom. The number of nitrogens with two attached hydrogens (primary N) is 1. The molecule has 2 rings (SSSR count). The maximum atomic E-state index is 11.5. The number of aryl methyl sites for hydroxylation is 1. The molecule has 0 aliphatic heterocycles. The molecule has 0 unspecified atom stereocenters. The number of aromatic nitrogens is 1. The maximum Gasteiger partial charge on any atom is 0.177 e. The number of anilines is 1. The predicted molar refractivity (Wildman–Crippen MR) is 69.8 cm³/mol. The summed E-state index contributed by atoms with van der Waals surface area (Å²) < 4.78 is 23.1. The van der Waals surface area contributed by atoms with Crippen molar-refractivity contribution in [1.82, 2.24) is 4.98 Å². The molecule has 0 saturated carbocycles. The quantitative estimate of drug-likeness (QED) is 0.847. The summed E-state index contributed by atoms with van der Waals surface area (Å²) in [7, 11) is -3.31. The lowest BCUT2D eigenvalue weighted by molar-refractivity contribution is 0.602. The first-order chi connectivity index (χ1) is 7.88. The molecule has 0 atom stereocenters. The molecule has 0 radical (unpaired) electrons. The van der Waals surface area contributed by atoms with Crippen LogP contribution in [0.2, 0.25) is 0 Å². The summed E-state index contributed by atoms with van der Waals surface area (Å²) in [5, 5.41) is 2.84. The monoisotopic (exact) mass is 268 g/mol. The summed E-state index contributed by atoms with van der Waals surface area (Å²) in [6.45, 7) is 1.91. The molecule has 1 heterocycles. The van der Waals surface area contributed by atoms with Crippen LogP contribution in [-0.2, 0) is 9.84 Å². The first kappa shape index (κ1) is 12.1. The lowest BCUT2D eigenvalue weighted by atomic mass is 10.1. The minimum atomic E-state index is -3.31. The third-order valence-corrected chi connectivity index (χ3v) is 4.25. The fourth-order valence-corrected chi connectivity index (χ4v) is 2.97. The van der Waals surface area contributed by atoms with Gasteiger partial charge in [0.15, 0.2) is 9.84 Å². The zero-order valence-electron chi connectivity index (χ0n) is 9.47. The van der Waals surface area contributed by atoms with E-state index in [9.17, 15) is 8.42 Å². The predicted octanol–water partition coefficient (Wildman–Crippen LogP) is 2.10. The highest BCUT2D eigenvalue weighted by atomic mass is 32.2. The van der Waals surface area contributed by atoms with Gasteiger partial charge >= 0.3 is 0 Å². The van der Waals surface area contributed by atoms with E-state index >= 15 is 0 Å². The van der Waals surface area contributed by atoms with Crippen LogP contribution in [0.5, 0.6) is 0 Å². The van der Waals surface area contributed by atoms with E-state index in [4.69, 9.17) is 5.73 Å². The van der Waals surface area contributed by atoms with Gasteiger partial charge in [0.1, 0.15) is 0 Å². The Morgan fingerprint density at radius 3 is 2.59 bits per heavy atom. The second-order valence-electron chi connectivity index (χ2n) is 3.78. The van der Waals surface area contributed by atoms with E-state index in [1.807, 2.05) is 12.3 Å². The molecule has 0 aliphatic carbocycles. The molecular formula is C11H12N2O2S2. The van der Waals surface area contributed by atoms with Crippen molar-refractivity contribution in [3.63, 3.8) is 0 Å². The first-order valence-electron chi connectivity index (χ1n) is 4.90. The number of benzene rings is 1. The molecule has 6 heteroatoms. The van der Waals surface area contributed by atoms with Crippen LogP contribution in [0.1, 0.15) is 5.01 Å². The standard InChI is InChI=1S/C11H12N2O2S2/c1-7-13-10(6-16-7)8-3-4-9(12)11(5-8)17(2,14)15/h3-6H,12H2,1-2H3. The smallest absolute Gasteiger partial charge is 0.177 e. The van der Waals surface area contributed by atoms with Crippen LogP contribution in [0.25, 0.3) is 11.3 Å². The number of rotatable bonds is 2. The molecule has 0 aliphatic rings. The highest BCUT2D eigenvalue weighted by molar-refractivity contribution is 7.90. The van der Waals surface area contributed by atoms with Crippen molar-refractivity contribution >= 4 is 26.9 Å². The Bertz CT molecular complexity index is 660. The van der Waals surface area contributed by atoms with E-state index in [1.165, 1.54) is 11.3 Å². The van der Waals surface area contributed by atoms with Gasteiger partial charge in [-0.2, -0.15) is 0 Å². The number of thiazole rings is 1. The molecule has 0 amide bonds. The molecule has 1 aromatic heterocycles. The summed E-state index contributed by atoms with van der Waals surface area (Å²) >= 11 is 1.52. The summed E-state index contributed by atoms with van der Waals surface area (Å²) in [5.74, 6) is 0. The Balaban J connectivity index is 2.59. The largest absolute Gasteiger partial charge is 0.398 e. The third-order valence-electron chi connectivity index (χ3n) is 2.33. The molecule has 4 nitrogen and oxygen atoms in total. The van der Waals surface area contributed by atoms with Crippen LogP contribution < -0.4 is 5.73 Å². The fraction of sp³-hybridized carbons (Fsp3) is 0.182. The van der Waals surface area contributed by atoms with Crippen molar-refractivity contribution in [3.05, 3.63) is 28.6 Å². The molecule has 90 valence electrons. The van der Waals surface area contributed by atoms with Gasteiger partial charge in [-0.05, 0) is 19.1 Å². The Labute approximate surface area is 104 Å². The van der Waals surface area contributed by atoms with Gasteiger partial charge in [0, 0.05) is 17.2 Å². The first-order valence-corrected chi connectivity index (χ1v) is 7.67. The summed E-state index contributed by atoms with van der Waals surface area (Å²) in [4.78, 5) is 4.47. The lowest BCUT2D eigenvalue weighted by Gasteiger charge is -2.05. The van der Waals surface area contributed by atoms with Crippen LogP contribution in [0.15, 0.2) is 28.5 Å². The highest BCUT2D eigenvalue weighted by Crippen LogP contribution is 2.27. The minimum Gasteiger partial charge on any atom is -0.398 e. The van der Waals surface area contributed by atoms with E-state index in [-0.39, 0.29) is 10.6 Å². The van der Waals surface area contributed by atoms with E-state index < -0.39 is 9.84 Å². The topological polar surface area (TPSA) is 73.0 Å². The van der Waals surface area contributed by atoms with Crippen molar-refractivity contribution in [3.8, 4) is 11.3 Å². The number of nitrogens with zero attached hydrogens (tertiary/aromatic N) is 1. The van der Waals surface area contributed by atoms with Gasteiger partial charge in [0.25, 0.3) is 0 Å². The molecule has 0 fully saturated rings. The van der Waals surface area contributed by atoms with Crippen LogP contribution >= 0.6 is 11.3 Å². The number of sulfone groups is 1. The molecule has 0 bridgehead atoms. The van der Waals surface area contributed by atoms with Crippen molar-refractivity contribution in [2.45, 2.75) is 11.8 Å². The molecule has 1 aromatic carbocycles. The van der Waals surface area contributed by atoms with Crippen LogP contribution in [-0.4, -0.2) is 19.7 Å². The third kappa shape index (κ3) is 2.48. The minimum absolute atomic E-state index is 0.153. The van der Waals surface area contributed by atoms with E-state index in [2.05, 4.69) is 4.98 Å². The zero-order chi connectivity index (χ0) is 12.6. The Kier molecular flexibility index (Phi) is 2.92. The van der Waals surface area contributed by atoms with E-state index in [1.54, 1.807) is 18.2 Å². The molecule has 2 aromatic rings. The molecule has 0 spiro atoms. The van der Waals surface area contributed by atoms with Gasteiger partial charge in [-0.3, -0.25) is 0 Å². The van der Waals surface area contributed by atoms with Crippen molar-refractivity contribution in [2.24, 2.45) is 0 Å². The number of hydrogen-bond donors (Lipinski definition) is 1. The summed E-state index contributed by atoms with van der Waals surface area (Å²) in [6, 6.07) is 4.94. The average molecular weight is 268 g/mol. The lowest BCUT2D eigenvalue weighted by Crippen LogP contribution is -2.02. The van der Waals surface area contributed by atoms with Gasteiger partial charge < -0.3 is 5.73 Å². The highest BCUT2D eigenvalue weighted by Gasteiger charge is 2.13. The molecule has 2 N–H and O–H groups in total. The molecule has 0 saturated heterocycles. The molecule has 17 heavy (non-hydrogen) atoms. The van der Waals surface area contributed by atoms with Gasteiger partial charge in [-0.1, -0.05) is 6.07 Å². The van der Waals surface area contributed by atoms with Crippen LogP contribution in [0, 0.1) is 6.92 Å². The van der Waals surface area contributed by atoms with Crippen molar-refractivity contribution < 1.29 is 8.42 Å². The van der Waals surface area contributed by atoms with Crippen molar-refractivity contribution in [1.29, 1.82) is 0 Å². The van der Waals surface area contributed by atoms with E-state index in [0.29, 0.717) is 0 Å². The van der Waals surface area contributed by atoms with Crippen LogP contribution in [0.4, 0.5) is 5.69 Å². The number of nitrogen functional groups attached to an aromatic ring is 1. The van der Waals surface area contributed by atoms with Gasteiger partial charge in [-0.15, -0.1) is 11.3 Å². The zero-order valence-corrected chi connectivity index (χ0v) is 11.1. The van der Waals surface area contributed by atoms with Gasteiger partial charge in [-0.25, -0.2) is 13.4 Å². The summed E-state index contributed by atoms with van der Waals surface area (Å²) in [5.41, 5.74) is 7.47. The average Bonchev–Trinajstić information content (AvgIpc) is 2.64. The number of hydrogen-bond acceptors (Lipinski definition) is 5.